The number of rotatable bonds is 3. The molecule has 4 nitrogen and oxygen atoms in total. The molecule has 4 heteroatoms. The first-order valence-corrected chi connectivity index (χ1v) is 5.55. The van der Waals surface area contributed by atoms with Crippen LogP contribution in [-0.2, 0) is 9.53 Å². The van der Waals surface area contributed by atoms with E-state index in [1.165, 1.54) is 0 Å². The van der Waals surface area contributed by atoms with Gasteiger partial charge in [0, 0.05) is 27.2 Å². The topological polar surface area (TPSA) is 32.8 Å². The van der Waals surface area contributed by atoms with Crippen molar-refractivity contribution in [3.8, 4) is 0 Å². The molecule has 0 bridgehead atoms. The van der Waals surface area contributed by atoms with Gasteiger partial charge in [0.2, 0.25) is 5.91 Å². The van der Waals surface area contributed by atoms with Crippen LogP contribution in [0.4, 0.5) is 0 Å². The molecule has 1 aliphatic rings. The summed E-state index contributed by atoms with van der Waals surface area (Å²) >= 11 is 0. The van der Waals surface area contributed by atoms with Crippen molar-refractivity contribution in [1.29, 1.82) is 0 Å². The van der Waals surface area contributed by atoms with Crippen molar-refractivity contribution in [3.05, 3.63) is 12.5 Å². The third-order valence-electron chi connectivity index (χ3n) is 2.45. The standard InChI is InChI=1S/C12H22N2O2/c1-9(16-12(2,3)4)14-7-10(8-14)11(15)13(5)6/h10H,1,7-8H2,2-6H3. The van der Waals surface area contributed by atoms with Crippen LogP contribution in [-0.4, -0.2) is 48.5 Å². The van der Waals surface area contributed by atoms with E-state index in [0.717, 1.165) is 0 Å². The Morgan fingerprint density at radius 3 is 2.25 bits per heavy atom. The average Bonchev–Trinajstić information content (AvgIpc) is 1.96. The minimum atomic E-state index is -0.228. The van der Waals surface area contributed by atoms with Gasteiger partial charge in [-0.25, -0.2) is 0 Å². The second-order valence-electron chi connectivity index (χ2n) is 5.44. The van der Waals surface area contributed by atoms with Gasteiger partial charge in [0.25, 0.3) is 0 Å². The molecule has 0 aromatic rings. The van der Waals surface area contributed by atoms with Crippen LogP contribution in [0.25, 0.3) is 0 Å². The van der Waals surface area contributed by atoms with E-state index in [1.54, 1.807) is 19.0 Å². The smallest absolute Gasteiger partial charge is 0.228 e. The van der Waals surface area contributed by atoms with Crippen LogP contribution in [0.1, 0.15) is 20.8 Å². The van der Waals surface area contributed by atoms with Gasteiger partial charge in [0.1, 0.15) is 5.60 Å². The molecule has 0 aromatic heterocycles. The van der Waals surface area contributed by atoms with E-state index >= 15 is 0 Å². The lowest BCUT2D eigenvalue weighted by Gasteiger charge is -2.42. The van der Waals surface area contributed by atoms with E-state index < -0.39 is 0 Å². The van der Waals surface area contributed by atoms with Crippen molar-refractivity contribution < 1.29 is 9.53 Å². The Bertz CT molecular complexity index is 286. The number of ether oxygens (including phenoxy) is 1. The Morgan fingerprint density at radius 2 is 1.88 bits per heavy atom. The zero-order valence-electron chi connectivity index (χ0n) is 10.9. The third kappa shape index (κ3) is 3.15. The van der Waals surface area contributed by atoms with Crippen LogP contribution in [0, 0.1) is 5.92 Å². The molecule has 0 atom stereocenters. The summed E-state index contributed by atoms with van der Waals surface area (Å²) in [5, 5.41) is 0. The molecule has 1 saturated heterocycles. The van der Waals surface area contributed by atoms with Crippen molar-refractivity contribution in [2.45, 2.75) is 26.4 Å². The highest BCUT2D eigenvalue weighted by atomic mass is 16.5. The number of carbonyl (C=O) groups excluding carboxylic acids is 1. The number of nitrogens with zero attached hydrogens (tertiary/aromatic N) is 2. The largest absolute Gasteiger partial charge is 0.474 e. The summed E-state index contributed by atoms with van der Waals surface area (Å²) in [4.78, 5) is 15.2. The number of amides is 1. The first kappa shape index (κ1) is 12.9. The molecule has 0 radical (unpaired) electrons. The van der Waals surface area contributed by atoms with E-state index in [0.29, 0.717) is 19.0 Å². The number of carbonyl (C=O) groups is 1. The Morgan fingerprint density at radius 1 is 1.38 bits per heavy atom. The molecule has 1 rings (SSSR count). The summed E-state index contributed by atoms with van der Waals surface area (Å²) < 4.78 is 5.64. The predicted octanol–water partition coefficient (Wildman–Crippen LogP) is 1.29. The molecule has 0 N–H and O–H groups in total. The highest BCUT2D eigenvalue weighted by Gasteiger charge is 2.35. The van der Waals surface area contributed by atoms with E-state index in [1.807, 2.05) is 25.7 Å². The Balaban J connectivity index is 2.36. The van der Waals surface area contributed by atoms with Crippen LogP contribution in [0.5, 0.6) is 0 Å². The summed E-state index contributed by atoms with van der Waals surface area (Å²) in [6, 6.07) is 0. The normalized spacial score (nSPS) is 16.7. The zero-order chi connectivity index (χ0) is 12.5. The van der Waals surface area contributed by atoms with Crippen LogP contribution < -0.4 is 0 Å². The number of likely N-dealkylation sites (tertiary alicyclic amines) is 1. The third-order valence-corrected chi connectivity index (χ3v) is 2.45. The minimum Gasteiger partial charge on any atom is -0.474 e. The monoisotopic (exact) mass is 226 g/mol. The van der Waals surface area contributed by atoms with Crippen LogP contribution >= 0.6 is 0 Å². The van der Waals surface area contributed by atoms with E-state index in [9.17, 15) is 4.79 Å². The second-order valence-corrected chi connectivity index (χ2v) is 5.44. The maximum Gasteiger partial charge on any atom is 0.228 e. The lowest BCUT2D eigenvalue weighted by molar-refractivity contribution is -0.139. The van der Waals surface area contributed by atoms with Crippen molar-refractivity contribution >= 4 is 5.91 Å². The number of hydrogen-bond donors (Lipinski definition) is 0. The molecule has 92 valence electrons. The molecule has 0 aliphatic carbocycles. The molecule has 1 aliphatic heterocycles. The minimum absolute atomic E-state index is 0.0929. The van der Waals surface area contributed by atoms with Gasteiger partial charge in [-0.15, -0.1) is 0 Å². The summed E-state index contributed by atoms with van der Waals surface area (Å²) in [6.07, 6.45) is 0. The van der Waals surface area contributed by atoms with Crippen molar-refractivity contribution in [2.24, 2.45) is 5.92 Å². The lowest BCUT2D eigenvalue weighted by Crippen LogP contribution is -2.53. The van der Waals surface area contributed by atoms with E-state index in [2.05, 4.69) is 6.58 Å². The predicted molar refractivity (Wildman–Crippen MR) is 63.7 cm³/mol. The first-order valence-electron chi connectivity index (χ1n) is 5.55. The summed E-state index contributed by atoms with van der Waals surface area (Å²) in [6.45, 7) is 11.3. The molecule has 1 amide bonds. The quantitative estimate of drug-likeness (QED) is 0.680. The first-order chi connectivity index (χ1) is 7.20. The second kappa shape index (κ2) is 4.36. The zero-order valence-corrected chi connectivity index (χ0v) is 10.9. The van der Waals surface area contributed by atoms with Crippen LogP contribution in [0.2, 0.25) is 0 Å². The van der Waals surface area contributed by atoms with Gasteiger partial charge in [-0.1, -0.05) is 0 Å². The Hall–Kier alpha value is -1.19. The average molecular weight is 226 g/mol. The summed E-state index contributed by atoms with van der Waals surface area (Å²) in [7, 11) is 3.57. The van der Waals surface area contributed by atoms with Crippen molar-refractivity contribution in [2.75, 3.05) is 27.2 Å². The molecule has 0 aromatic carbocycles. The van der Waals surface area contributed by atoms with Gasteiger partial charge in [0.05, 0.1) is 5.92 Å². The highest BCUT2D eigenvalue weighted by molar-refractivity contribution is 5.79. The fraction of sp³-hybridized carbons (Fsp3) is 0.750. The molecule has 0 spiro atoms. The SMILES string of the molecule is C=C(OC(C)(C)C)N1CC(C(=O)N(C)C)C1. The van der Waals surface area contributed by atoms with Gasteiger partial charge in [-0.2, -0.15) is 0 Å². The molecule has 0 unspecified atom stereocenters. The molecule has 1 heterocycles. The Labute approximate surface area is 97.9 Å². The maximum atomic E-state index is 11.6. The number of hydrogen-bond acceptors (Lipinski definition) is 3. The Kier molecular flexibility index (Phi) is 3.51. The van der Waals surface area contributed by atoms with Crippen molar-refractivity contribution in [3.63, 3.8) is 0 Å². The van der Waals surface area contributed by atoms with Crippen LogP contribution in [0.15, 0.2) is 12.5 Å². The fourth-order valence-corrected chi connectivity index (χ4v) is 1.62. The molecular weight excluding hydrogens is 204 g/mol. The molecule has 1 fully saturated rings. The summed E-state index contributed by atoms with van der Waals surface area (Å²) in [5.41, 5.74) is -0.228. The van der Waals surface area contributed by atoms with Gasteiger partial charge in [-0.3, -0.25) is 4.79 Å². The van der Waals surface area contributed by atoms with E-state index in [4.69, 9.17) is 4.74 Å². The molecule has 0 saturated carbocycles. The van der Waals surface area contributed by atoms with Gasteiger partial charge < -0.3 is 14.5 Å². The van der Waals surface area contributed by atoms with Gasteiger partial charge >= 0.3 is 0 Å². The van der Waals surface area contributed by atoms with E-state index in [-0.39, 0.29) is 17.4 Å². The van der Waals surface area contributed by atoms with Gasteiger partial charge in [0.15, 0.2) is 5.88 Å². The van der Waals surface area contributed by atoms with Crippen molar-refractivity contribution in [1.82, 2.24) is 9.80 Å². The van der Waals surface area contributed by atoms with Gasteiger partial charge in [-0.05, 0) is 27.4 Å². The maximum absolute atomic E-state index is 11.6. The summed E-state index contributed by atoms with van der Waals surface area (Å²) in [5.74, 6) is 0.936. The fourth-order valence-electron chi connectivity index (χ4n) is 1.62. The van der Waals surface area contributed by atoms with Crippen LogP contribution in [0.3, 0.4) is 0 Å². The molecular formula is C12H22N2O2. The highest BCUT2D eigenvalue weighted by Crippen LogP contribution is 2.24. The molecule has 16 heavy (non-hydrogen) atoms. The lowest BCUT2D eigenvalue weighted by atomic mass is 9.99.